The number of amidine groups is 1. The van der Waals surface area contributed by atoms with Gasteiger partial charge < -0.3 is 10.2 Å². The van der Waals surface area contributed by atoms with Gasteiger partial charge in [-0.3, -0.25) is 10.2 Å². The van der Waals surface area contributed by atoms with Gasteiger partial charge in [-0.2, -0.15) is 4.31 Å². The second-order valence-corrected chi connectivity index (χ2v) is 11.1. The van der Waals surface area contributed by atoms with Crippen LogP contribution in [0.5, 0.6) is 0 Å². The SMILES string of the molecule is CC(=N)N[C@H]1CC[C@@H](C(=O)N2CCN(S(=O)(=O)c3ccc4cc(Cl)ccc4c3)CC2)CC1.Cl. The molecular formula is C23H30Cl2N4O3S. The number of carbonyl (C=O) groups is 1. The van der Waals surface area contributed by atoms with Crippen LogP contribution in [0.2, 0.25) is 5.02 Å². The number of rotatable bonds is 4. The van der Waals surface area contributed by atoms with Crippen LogP contribution in [-0.4, -0.2) is 61.6 Å². The fourth-order valence-corrected chi connectivity index (χ4v) is 6.34. The third-order valence-electron chi connectivity index (χ3n) is 6.46. The third kappa shape index (κ3) is 5.80. The van der Waals surface area contributed by atoms with Crippen LogP contribution in [0.3, 0.4) is 0 Å². The molecule has 33 heavy (non-hydrogen) atoms. The molecule has 0 radical (unpaired) electrons. The number of halogens is 2. The quantitative estimate of drug-likeness (QED) is 0.479. The number of sulfonamides is 1. The van der Waals surface area contributed by atoms with Gasteiger partial charge in [0.1, 0.15) is 0 Å². The van der Waals surface area contributed by atoms with Crippen LogP contribution >= 0.6 is 24.0 Å². The molecule has 180 valence electrons. The smallest absolute Gasteiger partial charge is 0.243 e. The number of hydrogen-bond acceptors (Lipinski definition) is 4. The van der Waals surface area contributed by atoms with Gasteiger partial charge in [0.05, 0.1) is 10.7 Å². The molecule has 2 aliphatic rings. The zero-order chi connectivity index (χ0) is 22.9. The lowest BCUT2D eigenvalue weighted by Crippen LogP contribution is -2.52. The van der Waals surface area contributed by atoms with Crippen LogP contribution in [0.4, 0.5) is 0 Å². The van der Waals surface area contributed by atoms with E-state index in [9.17, 15) is 13.2 Å². The van der Waals surface area contributed by atoms with E-state index in [0.29, 0.717) is 37.0 Å². The first-order valence-electron chi connectivity index (χ1n) is 11.0. The summed E-state index contributed by atoms with van der Waals surface area (Å²) in [7, 11) is -3.62. The number of fused-ring (bicyclic) bond motifs is 1. The van der Waals surface area contributed by atoms with E-state index in [4.69, 9.17) is 17.0 Å². The van der Waals surface area contributed by atoms with Crippen molar-refractivity contribution in [2.75, 3.05) is 26.2 Å². The molecule has 2 aromatic carbocycles. The molecule has 0 aromatic heterocycles. The van der Waals surface area contributed by atoms with Gasteiger partial charge in [-0.15, -0.1) is 12.4 Å². The van der Waals surface area contributed by atoms with E-state index in [2.05, 4.69) is 5.32 Å². The maximum absolute atomic E-state index is 13.2. The summed E-state index contributed by atoms with van der Waals surface area (Å²) in [5.74, 6) is 0.594. The van der Waals surface area contributed by atoms with Crippen molar-refractivity contribution in [1.29, 1.82) is 5.41 Å². The highest BCUT2D eigenvalue weighted by molar-refractivity contribution is 7.89. The number of amides is 1. The lowest BCUT2D eigenvalue weighted by Gasteiger charge is -2.37. The van der Waals surface area contributed by atoms with Gasteiger partial charge >= 0.3 is 0 Å². The lowest BCUT2D eigenvalue weighted by molar-refractivity contribution is -0.137. The van der Waals surface area contributed by atoms with Crippen LogP contribution < -0.4 is 5.32 Å². The highest BCUT2D eigenvalue weighted by atomic mass is 35.5. The Balaban J connectivity index is 0.00000306. The van der Waals surface area contributed by atoms with E-state index in [1.807, 2.05) is 17.0 Å². The standard InChI is InChI=1S/C23H29ClN4O3S.ClH/c1-16(25)26-21-7-3-17(4-8-21)23(29)27-10-12-28(13-11-27)32(30,31)22-9-5-18-14-20(24)6-2-19(18)15-22;/h2,5-6,9,14-15,17,21H,3-4,7-8,10-13H2,1H3,(H2,25,26);1H/t17-,21+;. The fraction of sp³-hybridized carbons (Fsp3) is 0.478. The highest BCUT2D eigenvalue weighted by Crippen LogP contribution is 2.28. The lowest BCUT2D eigenvalue weighted by atomic mass is 9.85. The average molecular weight is 513 g/mol. The summed E-state index contributed by atoms with van der Waals surface area (Å²) >= 11 is 6.02. The van der Waals surface area contributed by atoms with Crippen LogP contribution in [-0.2, 0) is 14.8 Å². The van der Waals surface area contributed by atoms with E-state index in [1.165, 1.54) is 4.31 Å². The summed E-state index contributed by atoms with van der Waals surface area (Å²) in [6.45, 7) is 3.17. The Morgan fingerprint density at radius 2 is 1.61 bits per heavy atom. The minimum absolute atomic E-state index is 0. The number of carbonyl (C=O) groups excluding carboxylic acids is 1. The maximum Gasteiger partial charge on any atom is 0.243 e. The summed E-state index contributed by atoms with van der Waals surface area (Å²) in [5, 5.41) is 13.0. The van der Waals surface area contributed by atoms with Crippen LogP contribution in [0.25, 0.3) is 10.8 Å². The van der Waals surface area contributed by atoms with E-state index in [0.717, 1.165) is 36.5 Å². The summed E-state index contributed by atoms with van der Waals surface area (Å²) in [6, 6.07) is 10.7. The summed E-state index contributed by atoms with van der Waals surface area (Å²) in [4.78, 5) is 15.0. The average Bonchev–Trinajstić information content (AvgIpc) is 2.78. The third-order valence-corrected chi connectivity index (χ3v) is 8.59. The van der Waals surface area contributed by atoms with Crippen molar-refractivity contribution >= 4 is 56.5 Å². The minimum Gasteiger partial charge on any atom is -0.372 e. The minimum atomic E-state index is -3.62. The number of piperazine rings is 1. The molecule has 0 bridgehead atoms. The Morgan fingerprint density at radius 3 is 2.24 bits per heavy atom. The first kappa shape index (κ1) is 25.7. The predicted octanol–water partition coefficient (Wildman–Crippen LogP) is 3.89. The molecule has 2 fully saturated rings. The molecule has 1 saturated heterocycles. The second-order valence-electron chi connectivity index (χ2n) is 8.70. The molecular weight excluding hydrogens is 483 g/mol. The molecule has 0 unspecified atom stereocenters. The van der Waals surface area contributed by atoms with Crippen LogP contribution in [0.15, 0.2) is 41.3 Å². The number of hydrogen-bond donors (Lipinski definition) is 2. The van der Waals surface area contributed by atoms with Crippen molar-refractivity contribution in [3.63, 3.8) is 0 Å². The normalized spacial score (nSPS) is 21.9. The largest absolute Gasteiger partial charge is 0.372 e. The van der Waals surface area contributed by atoms with E-state index < -0.39 is 10.0 Å². The Bertz CT molecular complexity index is 1130. The van der Waals surface area contributed by atoms with E-state index in [-0.39, 0.29) is 35.2 Å². The molecule has 0 atom stereocenters. The number of nitrogens with zero attached hydrogens (tertiary/aromatic N) is 2. The first-order valence-corrected chi connectivity index (χ1v) is 12.9. The number of nitrogens with one attached hydrogen (secondary N) is 2. The van der Waals surface area contributed by atoms with Crippen LogP contribution in [0, 0.1) is 11.3 Å². The molecule has 1 saturated carbocycles. The summed E-state index contributed by atoms with van der Waals surface area (Å²) in [6.07, 6.45) is 3.38. The molecule has 1 aliphatic carbocycles. The van der Waals surface area contributed by atoms with Crippen molar-refractivity contribution in [2.24, 2.45) is 5.92 Å². The van der Waals surface area contributed by atoms with Gasteiger partial charge in [-0.05, 0) is 67.6 Å². The van der Waals surface area contributed by atoms with Crippen molar-refractivity contribution in [1.82, 2.24) is 14.5 Å². The van der Waals surface area contributed by atoms with Gasteiger partial charge in [0, 0.05) is 43.2 Å². The topological polar surface area (TPSA) is 93.6 Å². The first-order chi connectivity index (χ1) is 15.2. The molecule has 0 spiro atoms. The molecule has 1 heterocycles. The van der Waals surface area contributed by atoms with Crippen molar-refractivity contribution in [3.05, 3.63) is 41.4 Å². The molecule has 2 N–H and O–H groups in total. The summed E-state index contributed by atoms with van der Waals surface area (Å²) < 4.78 is 27.8. The van der Waals surface area contributed by atoms with Crippen molar-refractivity contribution < 1.29 is 13.2 Å². The Kier molecular flexibility index (Phi) is 8.26. The maximum atomic E-state index is 13.2. The Labute approximate surface area is 206 Å². The zero-order valence-corrected chi connectivity index (χ0v) is 21.0. The Hall–Kier alpha value is -1.87. The van der Waals surface area contributed by atoms with Gasteiger partial charge in [-0.25, -0.2) is 8.42 Å². The summed E-state index contributed by atoms with van der Waals surface area (Å²) in [5.41, 5.74) is 0. The molecule has 7 nitrogen and oxygen atoms in total. The molecule has 1 aliphatic heterocycles. The van der Waals surface area contributed by atoms with Gasteiger partial charge in [0.15, 0.2) is 0 Å². The molecule has 4 rings (SSSR count). The van der Waals surface area contributed by atoms with Gasteiger partial charge in [-0.1, -0.05) is 23.7 Å². The van der Waals surface area contributed by atoms with Crippen molar-refractivity contribution in [3.8, 4) is 0 Å². The highest BCUT2D eigenvalue weighted by Gasteiger charge is 2.34. The molecule has 10 heteroatoms. The second kappa shape index (κ2) is 10.6. The molecule has 1 amide bonds. The van der Waals surface area contributed by atoms with Crippen LogP contribution in [0.1, 0.15) is 32.6 Å². The van der Waals surface area contributed by atoms with E-state index in [1.54, 1.807) is 31.2 Å². The number of benzene rings is 2. The Morgan fingerprint density at radius 1 is 1.00 bits per heavy atom. The zero-order valence-electron chi connectivity index (χ0n) is 18.6. The van der Waals surface area contributed by atoms with E-state index >= 15 is 0 Å². The van der Waals surface area contributed by atoms with Gasteiger partial charge in [0.2, 0.25) is 15.9 Å². The molecule has 2 aromatic rings. The predicted molar refractivity (Wildman–Crippen MR) is 134 cm³/mol. The van der Waals surface area contributed by atoms with Gasteiger partial charge in [0.25, 0.3) is 0 Å². The van der Waals surface area contributed by atoms with Crippen molar-refractivity contribution in [2.45, 2.75) is 43.5 Å². The monoisotopic (exact) mass is 512 g/mol. The fourth-order valence-electron chi connectivity index (χ4n) is 4.70.